The SMILES string of the molecule is CC(C)CCCCCCCCCCCCCCCCCCCCC(O)C(=O)O. The molecule has 0 bridgehead atoms. The fourth-order valence-electron chi connectivity index (χ4n) is 3.84. The second kappa shape index (κ2) is 21.1. The van der Waals surface area contributed by atoms with E-state index in [9.17, 15) is 9.90 Å². The number of hydrogen-bond acceptors (Lipinski definition) is 2. The molecular formula is C25H50O3. The van der Waals surface area contributed by atoms with Crippen LogP contribution in [0.25, 0.3) is 0 Å². The highest BCUT2D eigenvalue weighted by Gasteiger charge is 2.11. The lowest BCUT2D eigenvalue weighted by Crippen LogP contribution is -2.18. The number of aliphatic carboxylic acids is 1. The molecule has 0 fully saturated rings. The lowest BCUT2D eigenvalue weighted by atomic mass is 10.0. The Morgan fingerprint density at radius 3 is 1.04 bits per heavy atom. The van der Waals surface area contributed by atoms with E-state index in [0.29, 0.717) is 6.42 Å². The molecule has 0 amide bonds. The summed E-state index contributed by atoms with van der Waals surface area (Å²) in [7, 11) is 0. The molecule has 168 valence electrons. The van der Waals surface area contributed by atoms with Crippen molar-refractivity contribution < 1.29 is 15.0 Å². The highest BCUT2D eigenvalue weighted by Crippen LogP contribution is 2.15. The average Bonchev–Trinajstić information content (AvgIpc) is 2.65. The second-order valence-electron chi connectivity index (χ2n) is 9.19. The third-order valence-electron chi connectivity index (χ3n) is 5.79. The summed E-state index contributed by atoms with van der Waals surface area (Å²) in [5.41, 5.74) is 0. The zero-order valence-electron chi connectivity index (χ0n) is 19.1. The second-order valence-corrected chi connectivity index (χ2v) is 9.19. The van der Waals surface area contributed by atoms with Crippen LogP contribution in [-0.4, -0.2) is 22.3 Å². The molecule has 0 saturated carbocycles. The monoisotopic (exact) mass is 398 g/mol. The summed E-state index contributed by atoms with van der Waals surface area (Å²) < 4.78 is 0. The predicted molar refractivity (Wildman–Crippen MR) is 121 cm³/mol. The topological polar surface area (TPSA) is 57.5 Å². The molecule has 0 heterocycles. The van der Waals surface area contributed by atoms with Gasteiger partial charge < -0.3 is 10.2 Å². The van der Waals surface area contributed by atoms with Crippen molar-refractivity contribution in [2.24, 2.45) is 5.92 Å². The number of carboxylic acids is 1. The Kier molecular flexibility index (Phi) is 20.7. The number of aliphatic hydroxyl groups is 1. The largest absolute Gasteiger partial charge is 0.479 e. The van der Waals surface area contributed by atoms with Crippen LogP contribution >= 0.6 is 0 Å². The maximum Gasteiger partial charge on any atom is 0.332 e. The van der Waals surface area contributed by atoms with Crippen molar-refractivity contribution in [2.75, 3.05) is 0 Å². The molecule has 0 aliphatic carbocycles. The standard InChI is InChI=1S/C25H50O3/c1-23(2)21-19-17-15-13-11-9-7-5-3-4-6-8-10-12-14-16-18-20-22-24(26)25(27)28/h23-24,26H,3-22H2,1-2H3,(H,27,28). The summed E-state index contributed by atoms with van der Waals surface area (Å²) in [4.78, 5) is 10.5. The van der Waals surface area contributed by atoms with Gasteiger partial charge in [-0.15, -0.1) is 0 Å². The van der Waals surface area contributed by atoms with Crippen molar-refractivity contribution in [1.82, 2.24) is 0 Å². The maximum absolute atomic E-state index is 10.5. The van der Waals surface area contributed by atoms with E-state index in [1.807, 2.05) is 0 Å². The Morgan fingerprint density at radius 1 is 0.536 bits per heavy atom. The van der Waals surface area contributed by atoms with Crippen LogP contribution in [0.15, 0.2) is 0 Å². The molecule has 0 spiro atoms. The molecular weight excluding hydrogens is 348 g/mol. The van der Waals surface area contributed by atoms with Gasteiger partial charge in [0.15, 0.2) is 6.10 Å². The van der Waals surface area contributed by atoms with Gasteiger partial charge in [-0.1, -0.05) is 136 Å². The van der Waals surface area contributed by atoms with Crippen LogP contribution < -0.4 is 0 Å². The quantitative estimate of drug-likeness (QED) is 0.182. The van der Waals surface area contributed by atoms with Gasteiger partial charge in [0, 0.05) is 0 Å². The van der Waals surface area contributed by atoms with Gasteiger partial charge in [0.25, 0.3) is 0 Å². The van der Waals surface area contributed by atoms with E-state index in [0.717, 1.165) is 18.8 Å². The molecule has 0 rings (SSSR count). The van der Waals surface area contributed by atoms with Crippen LogP contribution in [0, 0.1) is 5.92 Å². The summed E-state index contributed by atoms with van der Waals surface area (Å²) in [5.74, 6) is -0.217. The first-order valence-corrected chi connectivity index (χ1v) is 12.4. The van der Waals surface area contributed by atoms with Gasteiger partial charge in [0.05, 0.1) is 0 Å². The zero-order chi connectivity index (χ0) is 20.9. The molecule has 3 heteroatoms. The molecule has 28 heavy (non-hydrogen) atoms. The fourth-order valence-corrected chi connectivity index (χ4v) is 3.84. The van der Waals surface area contributed by atoms with Gasteiger partial charge in [-0.2, -0.15) is 0 Å². The van der Waals surface area contributed by atoms with E-state index in [1.165, 1.54) is 109 Å². The first-order chi connectivity index (χ1) is 13.5. The number of carboxylic acid groups (broad SMARTS) is 1. The van der Waals surface area contributed by atoms with Gasteiger partial charge in [0.2, 0.25) is 0 Å². The molecule has 0 saturated heterocycles. The molecule has 0 aromatic heterocycles. The molecule has 0 radical (unpaired) electrons. The van der Waals surface area contributed by atoms with Crippen LogP contribution in [-0.2, 0) is 4.79 Å². The van der Waals surface area contributed by atoms with Crippen LogP contribution in [0.4, 0.5) is 0 Å². The minimum absolute atomic E-state index is 0.396. The van der Waals surface area contributed by atoms with E-state index in [2.05, 4.69) is 13.8 Å². The summed E-state index contributed by atoms with van der Waals surface area (Å²) >= 11 is 0. The van der Waals surface area contributed by atoms with Crippen LogP contribution in [0.2, 0.25) is 0 Å². The molecule has 0 aliphatic heterocycles. The van der Waals surface area contributed by atoms with E-state index >= 15 is 0 Å². The zero-order valence-corrected chi connectivity index (χ0v) is 19.1. The van der Waals surface area contributed by atoms with Crippen molar-refractivity contribution in [2.45, 2.75) is 148 Å². The van der Waals surface area contributed by atoms with E-state index in [4.69, 9.17) is 5.11 Å². The van der Waals surface area contributed by atoms with Crippen LogP contribution in [0.3, 0.4) is 0 Å². The van der Waals surface area contributed by atoms with Gasteiger partial charge in [-0.25, -0.2) is 4.79 Å². The number of unbranched alkanes of at least 4 members (excludes halogenated alkanes) is 17. The minimum atomic E-state index is -1.17. The first-order valence-electron chi connectivity index (χ1n) is 12.4. The Hall–Kier alpha value is -0.570. The van der Waals surface area contributed by atoms with Gasteiger partial charge in [-0.3, -0.25) is 0 Å². The Labute approximate surface area is 175 Å². The Bertz CT molecular complexity index is 328. The van der Waals surface area contributed by atoms with Gasteiger partial charge >= 0.3 is 5.97 Å². The molecule has 1 unspecified atom stereocenters. The summed E-state index contributed by atoms with van der Waals surface area (Å²) in [6, 6.07) is 0. The summed E-state index contributed by atoms with van der Waals surface area (Å²) in [6.07, 6.45) is 24.6. The number of aliphatic hydroxyl groups excluding tert-OH is 1. The maximum atomic E-state index is 10.5. The van der Waals surface area contributed by atoms with Crippen LogP contribution in [0.5, 0.6) is 0 Å². The summed E-state index contributed by atoms with van der Waals surface area (Å²) in [6.45, 7) is 4.64. The number of carbonyl (C=O) groups is 1. The normalized spacial score (nSPS) is 12.6. The van der Waals surface area contributed by atoms with E-state index in [1.54, 1.807) is 0 Å². The van der Waals surface area contributed by atoms with Gasteiger partial charge in [0.1, 0.15) is 0 Å². The van der Waals surface area contributed by atoms with Crippen molar-refractivity contribution >= 4 is 5.97 Å². The summed E-state index contributed by atoms with van der Waals surface area (Å²) in [5, 5.41) is 17.8. The number of hydrogen-bond donors (Lipinski definition) is 2. The fraction of sp³-hybridized carbons (Fsp3) is 0.960. The third kappa shape index (κ3) is 21.7. The smallest absolute Gasteiger partial charge is 0.332 e. The molecule has 0 aromatic carbocycles. The van der Waals surface area contributed by atoms with Crippen molar-refractivity contribution in [1.29, 1.82) is 0 Å². The third-order valence-corrected chi connectivity index (χ3v) is 5.79. The highest BCUT2D eigenvalue weighted by atomic mass is 16.4. The predicted octanol–water partition coefficient (Wildman–Crippen LogP) is 7.89. The van der Waals surface area contributed by atoms with Crippen molar-refractivity contribution in [3.05, 3.63) is 0 Å². The molecule has 2 N–H and O–H groups in total. The molecule has 1 atom stereocenters. The lowest BCUT2D eigenvalue weighted by molar-refractivity contribution is -0.146. The van der Waals surface area contributed by atoms with E-state index < -0.39 is 12.1 Å². The van der Waals surface area contributed by atoms with Gasteiger partial charge in [-0.05, 0) is 12.3 Å². The highest BCUT2D eigenvalue weighted by molar-refractivity contribution is 5.71. The first kappa shape index (κ1) is 27.4. The molecule has 0 aromatic rings. The average molecular weight is 399 g/mol. The minimum Gasteiger partial charge on any atom is -0.479 e. The van der Waals surface area contributed by atoms with Crippen molar-refractivity contribution in [3.63, 3.8) is 0 Å². The van der Waals surface area contributed by atoms with E-state index in [-0.39, 0.29) is 0 Å². The lowest BCUT2D eigenvalue weighted by Gasteiger charge is -2.05. The van der Waals surface area contributed by atoms with Crippen LogP contribution in [0.1, 0.15) is 142 Å². The Morgan fingerprint density at radius 2 is 0.786 bits per heavy atom. The van der Waals surface area contributed by atoms with Crippen molar-refractivity contribution in [3.8, 4) is 0 Å². The number of rotatable bonds is 22. The molecule has 0 aliphatic rings. The Balaban J connectivity index is 3.06. The molecule has 3 nitrogen and oxygen atoms in total.